The average molecular weight is 258 g/mol. The molecule has 0 aromatic heterocycles. The van der Waals surface area contributed by atoms with Crippen molar-refractivity contribution >= 4 is 12.2 Å². The van der Waals surface area contributed by atoms with Gasteiger partial charge >= 0.3 is 6.61 Å². The van der Waals surface area contributed by atoms with Crippen molar-refractivity contribution in [1.82, 2.24) is 0 Å². The minimum absolute atomic E-state index is 0.0962. The molecule has 0 aliphatic carbocycles. The van der Waals surface area contributed by atoms with Crippen LogP contribution in [0.3, 0.4) is 0 Å². The van der Waals surface area contributed by atoms with Gasteiger partial charge in [-0.25, -0.2) is 0 Å². The van der Waals surface area contributed by atoms with Crippen LogP contribution in [0.15, 0.2) is 28.4 Å². The number of rotatable bonds is 5. The summed E-state index contributed by atoms with van der Waals surface area (Å²) in [5.74, 6) is -0.112. The fourth-order valence-electron chi connectivity index (χ4n) is 1.12. The maximum atomic E-state index is 12.2. The fourth-order valence-corrected chi connectivity index (χ4v) is 1.12. The van der Waals surface area contributed by atoms with Crippen molar-refractivity contribution in [1.29, 1.82) is 0 Å². The van der Waals surface area contributed by atoms with Crippen LogP contribution in [0.5, 0.6) is 11.5 Å². The molecular formula is C10H12F2N4O2. The summed E-state index contributed by atoms with van der Waals surface area (Å²) in [7, 11) is 1.35. The van der Waals surface area contributed by atoms with Crippen molar-refractivity contribution in [3.63, 3.8) is 0 Å². The molecule has 1 aromatic carbocycles. The van der Waals surface area contributed by atoms with E-state index < -0.39 is 6.61 Å². The number of methoxy groups -OCH3 is 1. The zero-order valence-corrected chi connectivity index (χ0v) is 9.51. The molecule has 1 aromatic rings. The van der Waals surface area contributed by atoms with Crippen molar-refractivity contribution < 1.29 is 18.3 Å². The smallest absolute Gasteiger partial charge is 0.387 e. The minimum Gasteiger partial charge on any atom is -0.493 e. The average Bonchev–Trinajstić information content (AvgIpc) is 2.28. The number of alkyl halides is 2. The van der Waals surface area contributed by atoms with Gasteiger partial charge < -0.3 is 20.9 Å². The number of nitrogens with zero attached hydrogens (tertiary/aromatic N) is 2. The van der Waals surface area contributed by atoms with E-state index in [1.165, 1.54) is 25.5 Å². The summed E-state index contributed by atoms with van der Waals surface area (Å²) in [6.45, 7) is -2.94. The number of halogens is 2. The number of hydrogen-bond acceptors (Lipinski definition) is 4. The molecular weight excluding hydrogens is 246 g/mol. The second kappa shape index (κ2) is 6.38. The van der Waals surface area contributed by atoms with Gasteiger partial charge in [0, 0.05) is 0 Å². The molecule has 98 valence electrons. The zero-order valence-electron chi connectivity index (χ0n) is 9.51. The van der Waals surface area contributed by atoms with Crippen LogP contribution in [0.1, 0.15) is 5.56 Å². The summed E-state index contributed by atoms with van der Waals surface area (Å²) >= 11 is 0. The molecule has 0 radical (unpaired) electrons. The van der Waals surface area contributed by atoms with Gasteiger partial charge in [0.05, 0.1) is 13.3 Å². The Kier molecular flexibility index (Phi) is 4.85. The summed E-state index contributed by atoms with van der Waals surface area (Å²) < 4.78 is 33.5. The van der Waals surface area contributed by atoms with Gasteiger partial charge in [-0.15, -0.1) is 5.10 Å². The molecule has 8 heteroatoms. The molecule has 18 heavy (non-hydrogen) atoms. The normalized spacial score (nSPS) is 10.7. The maximum Gasteiger partial charge on any atom is 0.387 e. The van der Waals surface area contributed by atoms with Crippen LogP contribution in [0.25, 0.3) is 0 Å². The number of guanidine groups is 1. The first kappa shape index (κ1) is 13.7. The molecule has 0 bridgehead atoms. The largest absolute Gasteiger partial charge is 0.493 e. The van der Waals surface area contributed by atoms with Crippen molar-refractivity contribution in [3.8, 4) is 11.5 Å². The molecule has 0 spiro atoms. The molecule has 0 aliphatic rings. The van der Waals surface area contributed by atoms with Gasteiger partial charge in [-0.3, -0.25) is 0 Å². The van der Waals surface area contributed by atoms with E-state index in [1.807, 2.05) is 0 Å². The van der Waals surface area contributed by atoms with Crippen LogP contribution in [0.2, 0.25) is 0 Å². The van der Waals surface area contributed by atoms with Gasteiger partial charge in [0.25, 0.3) is 0 Å². The van der Waals surface area contributed by atoms with Gasteiger partial charge in [-0.2, -0.15) is 13.9 Å². The van der Waals surface area contributed by atoms with E-state index in [9.17, 15) is 8.78 Å². The van der Waals surface area contributed by atoms with Crippen LogP contribution >= 0.6 is 0 Å². The molecule has 1 rings (SSSR count). The Bertz CT molecular complexity index is 459. The zero-order chi connectivity index (χ0) is 13.5. The molecule has 0 aliphatic heterocycles. The highest BCUT2D eigenvalue weighted by Crippen LogP contribution is 2.28. The first-order valence-corrected chi connectivity index (χ1v) is 4.77. The fraction of sp³-hybridized carbons (Fsp3) is 0.200. The Morgan fingerprint density at radius 1 is 1.33 bits per heavy atom. The first-order valence-electron chi connectivity index (χ1n) is 4.77. The Balaban J connectivity index is 2.95. The number of hydrogen-bond donors (Lipinski definition) is 2. The summed E-state index contributed by atoms with van der Waals surface area (Å²) in [5.41, 5.74) is 10.6. The second-order valence-corrected chi connectivity index (χ2v) is 3.06. The lowest BCUT2D eigenvalue weighted by Crippen LogP contribution is -2.21. The van der Waals surface area contributed by atoms with E-state index in [-0.39, 0.29) is 17.5 Å². The van der Waals surface area contributed by atoms with Crippen molar-refractivity contribution in [3.05, 3.63) is 23.8 Å². The topological polar surface area (TPSA) is 95.2 Å². The highest BCUT2D eigenvalue weighted by Gasteiger charge is 2.10. The van der Waals surface area contributed by atoms with Crippen molar-refractivity contribution in [2.24, 2.45) is 21.7 Å². The molecule has 4 N–H and O–H groups in total. The van der Waals surface area contributed by atoms with Crippen LogP contribution in [0, 0.1) is 0 Å². The van der Waals surface area contributed by atoms with E-state index in [0.29, 0.717) is 5.56 Å². The van der Waals surface area contributed by atoms with E-state index in [2.05, 4.69) is 14.9 Å². The van der Waals surface area contributed by atoms with E-state index in [0.717, 1.165) is 0 Å². The third-order valence-corrected chi connectivity index (χ3v) is 1.78. The molecule has 0 unspecified atom stereocenters. The molecule has 0 amide bonds. The Labute approximate surface area is 102 Å². The van der Waals surface area contributed by atoms with Gasteiger partial charge in [0.15, 0.2) is 11.5 Å². The van der Waals surface area contributed by atoms with Crippen LogP contribution in [-0.4, -0.2) is 25.9 Å². The SMILES string of the molecule is COc1ccc(/C=N\N=C(N)N)cc1OC(F)F. The van der Waals surface area contributed by atoms with Gasteiger partial charge in [-0.1, -0.05) is 0 Å². The lowest BCUT2D eigenvalue weighted by Gasteiger charge is -2.09. The summed E-state index contributed by atoms with van der Waals surface area (Å²) in [4.78, 5) is 0. The molecule has 0 saturated heterocycles. The van der Waals surface area contributed by atoms with Crippen molar-refractivity contribution in [2.75, 3.05) is 7.11 Å². The summed E-state index contributed by atoms with van der Waals surface area (Å²) in [6, 6.07) is 4.38. The highest BCUT2D eigenvalue weighted by molar-refractivity contribution is 5.82. The van der Waals surface area contributed by atoms with Crippen LogP contribution in [0.4, 0.5) is 8.78 Å². The Hall–Kier alpha value is -2.38. The Morgan fingerprint density at radius 3 is 2.61 bits per heavy atom. The summed E-state index contributed by atoms with van der Waals surface area (Å²) in [5, 5.41) is 6.92. The maximum absolute atomic E-state index is 12.2. The first-order chi connectivity index (χ1) is 8.52. The second-order valence-electron chi connectivity index (χ2n) is 3.06. The quantitative estimate of drug-likeness (QED) is 0.466. The third kappa shape index (κ3) is 4.24. The van der Waals surface area contributed by atoms with E-state index in [4.69, 9.17) is 16.2 Å². The van der Waals surface area contributed by atoms with Gasteiger partial charge in [0.2, 0.25) is 5.96 Å². The molecule has 0 fully saturated rings. The summed E-state index contributed by atoms with van der Waals surface area (Å²) in [6.07, 6.45) is 1.29. The Morgan fingerprint density at radius 2 is 2.06 bits per heavy atom. The predicted molar refractivity (Wildman–Crippen MR) is 63.0 cm³/mol. The lowest BCUT2D eigenvalue weighted by molar-refractivity contribution is -0.0512. The van der Waals surface area contributed by atoms with Crippen molar-refractivity contribution in [2.45, 2.75) is 6.61 Å². The predicted octanol–water partition coefficient (Wildman–Crippen LogP) is 0.904. The molecule has 0 atom stereocenters. The van der Waals surface area contributed by atoms with Crippen LogP contribution in [-0.2, 0) is 0 Å². The standard InChI is InChI=1S/C10H12F2N4O2/c1-17-7-3-2-6(5-15-16-10(13)14)4-8(7)18-9(11)12/h2-5,9H,1H3,(H4,13,14,16)/b15-5-. The van der Waals surface area contributed by atoms with Crippen LogP contribution < -0.4 is 20.9 Å². The van der Waals surface area contributed by atoms with E-state index in [1.54, 1.807) is 6.07 Å². The molecule has 0 heterocycles. The highest BCUT2D eigenvalue weighted by atomic mass is 19.3. The minimum atomic E-state index is -2.94. The molecule has 6 nitrogen and oxygen atoms in total. The molecule has 0 saturated carbocycles. The van der Waals surface area contributed by atoms with E-state index >= 15 is 0 Å². The van der Waals surface area contributed by atoms with Gasteiger partial charge in [0.1, 0.15) is 0 Å². The monoisotopic (exact) mass is 258 g/mol. The lowest BCUT2D eigenvalue weighted by atomic mass is 10.2. The number of nitrogens with two attached hydrogens (primary N) is 2. The number of ether oxygens (including phenoxy) is 2. The number of benzene rings is 1. The third-order valence-electron chi connectivity index (χ3n) is 1.78. The van der Waals surface area contributed by atoms with Gasteiger partial charge in [-0.05, 0) is 23.8 Å².